The lowest BCUT2D eigenvalue weighted by atomic mass is 10.1. The molecule has 0 spiro atoms. The van der Waals surface area contributed by atoms with Crippen LogP contribution in [0, 0.1) is 11.6 Å². The topological polar surface area (TPSA) is 32.8 Å². The van der Waals surface area contributed by atoms with Crippen LogP contribution in [0.4, 0.5) is 8.78 Å². The standard InChI is InChI=1S/C15H18F2N2O2/c1-21-12-5-4-11(16)14(17)13(12)15(20)19-8-7-18-6-2-3-10(18)9-19/h4-5,10H,2-3,6-9H2,1H3. The van der Waals surface area contributed by atoms with Crippen molar-refractivity contribution >= 4 is 5.91 Å². The molecule has 2 heterocycles. The van der Waals surface area contributed by atoms with Gasteiger partial charge in [-0.1, -0.05) is 0 Å². The summed E-state index contributed by atoms with van der Waals surface area (Å²) in [5.74, 6) is -2.57. The van der Waals surface area contributed by atoms with Gasteiger partial charge in [0.15, 0.2) is 11.6 Å². The summed E-state index contributed by atoms with van der Waals surface area (Å²) in [5.41, 5.74) is -0.302. The third-order valence-corrected chi connectivity index (χ3v) is 4.36. The van der Waals surface area contributed by atoms with E-state index < -0.39 is 17.5 Å². The van der Waals surface area contributed by atoms with Crippen LogP contribution in [-0.2, 0) is 0 Å². The summed E-state index contributed by atoms with van der Waals surface area (Å²) in [7, 11) is 1.35. The zero-order valence-corrected chi connectivity index (χ0v) is 11.9. The number of rotatable bonds is 2. The number of benzene rings is 1. The molecule has 114 valence electrons. The van der Waals surface area contributed by atoms with Gasteiger partial charge in [-0.25, -0.2) is 8.78 Å². The molecule has 0 aliphatic carbocycles. The number of ether oxygens (including phenoxy) is 1. The van der Waals surface area contributed by atoms with Gasteiger partial charge in [0.1, 0.15) is 11.3 Å². The van der Waals surface area contributed by atoms with E-state index >= 15 is 0 Å². The minimum Gasteiger partial charge on any atom is -0.496 e. The molecule has 0 aromatic heterocycles. The molecular weight excluding hydrogens is 278 g/mol. The van der Waals surface area contributed by atoms with Gasteiger partial charge in [-0.15, -0.1) is 0 Å². The lowest BCUT2D eigenvalue weighted by molar-refractivity contribution is 0.0562. The second-order valence-electron chi connectivity index (χ2n) is 5.52. The van der Waals surface area contributed by atoms with Crippen LogP contribution in [0.25, 0.3) is 0 Å². The number of piperazine rings is 1. The van der Waals surface area contributed by atoms with Crippen molar-refractivity contribution in [2.24, 2.45) is 0 Å². The number of hydrogen-bond donors (Lipinski definition) is 0. The monoisotopic (exact) mass is 296 g/mol. The molecule has 1 amide bonds. The number of halogens is 2. The van der Waals surface area contributed by atoms with Crippen LogP contribution in [-0.4, -0.2) is 55.0 Å². The van der Waals surface area contributed by atoms with Gasteiger partial charge in [-0.2, -0.15) is 0 Å². The summed E-state index contributed by atoms with van der Waals surface area (Å²) in [4.78, 5) is 16.5. The molecule has 1 atom stereocenters. The molecule has 2 aliphatic rings. The summed E-state index contributed by atoms with van der Waals surface area (Å²) in [6.45, 7) is 2.95. The van der Waals surface area contributed by atoms with Gasteiger partial charge >= 0.3 is 0 Å². The van der Waals surface area contributed by atoms with Crippen molar-refractivity contribution in [1.29, 1.82) is 0 Å². The highest BCUT2D eigenvalue weighted by atomic mass is 19.2. The van der Waals surface area contributed by atoms with Gasteiger partial charge < -0.3 is 9.64 Å². The first-order valence-electron chi connectivity index (χ1n) is 7.17. The Labute approximate surface area is 122 Å². The third-order valence-electron chi connectivity index (χ3n) is 4.36. The SMILES string of the molecule is COc1ccc(F)c(F)c1C(=O)N1CCN2CCCC2C1. The highest BCUT2D eigenvalue weighted by molar-refractivity contribution is 5.97. The summed E-state index contributed by atoms with van der Waals surface area (Å²) in [6, 6.07) is 2.60. The number of nitrogens with zero attached hydrogens (tertiary/aromatic N) is 2. The predicted octanol–water partition coefficient (Wildman–Crippen LogP) is 1.89. The highest BCUT2D eigenvalue weighted by Crippen LogP contribution is 2.28. The molecule has 1 unspecified atom stereocenters. The molecule has 0 saturated carbocycles. The van der Waals surface area contributed by atoms with E-state index in [9.17, 15) is 13.6 Å². The Morgan fingerprint density at radius 3 is 2.86 bits per heavy atom. The molecule has 2 aliphatic heterocycles. The fourth-order valence-electron chi connectivity index (χ4n) is 3.24. The predicted molar refractivity (Wildman–Crippen MR) is 73.4 cm³/mol. The highest BCUT2D eigenvalue weighted by Gasteiger charge is 2.34. The van der Waals surface area contributed by atoms with Crippen LogP contribution in [0.1, 0.15) is 23.2 Å². The normalized spacial score (nSPS) is 22.2. The van der Waals surface area contributed by atoms with Crippen molar-refractivity contribution in [3.63, 3.8) is 0 Å². The maximum Gasteiger partial charge on any atom is 0.260 e. The van der Waals surface area contributed by atoms with Gasteiger partial charge in [0.2, 0.25) is 0 Å². The maximum absolute atomic E-state index is 14.0. The average molecular weight is 296 g/mol. The third kappa shape index (κ3) is 2.48. The Hall–Kier alpha value is -1.69. The van der Waals surface area contributed by atoms with E-state index in [1.807, 2.05) is 0 Å². The number of carbonyl (C=O) groups excluding carboxylic acids is 1. The summed E-state index contributed by atoms with van der Waals surface area (Å²) in [5, 5.41) is 0. The lowest BCUT2D eigenvalue weighted by Crippen LogP contribution is -2.52. The Morgan fingerprint density at radius 1 is 1.29 bits per heavy atom. The van der Waals surface area contributed by atoms with Crippen LogP contribution in [0.5, 0.6) is 5.75 Å². The largest absolute Gasteiger partial charge is 0.496 e. The van der Waals surface area contributed by atoms with Gasteiger partial charge in [-0.05, 0) is 31.5 Å². The van der Waals surface area contributed by atoms with Crippen LogP contribution in [0.15, 0.2) is 12.1 Å². The van der Waals surface area contributed by atoms with E-state index in [1.165, 1.54) is 13.2 Å². The van der Waals surface area contributed by atoms with Gasteiger partial charge in [0.05, 0.1) is 7.11 Å². The molecule has 3 rings (SSSR count). The van der Waals surface area contributed by atoms with Gasteiger partial charge in [-0.3, -0.25) is 9.69 Å². The Balaban J connectivity index is 1.87. The van der Waals surface area contributed by atoms with Crippen LogP contribution >= 0.6 is 0 Å². The molecule has 2 fully saturated rings. The Morgan fingerprint density at radius 2 is 2.10 bits per heavy atom. The second kappa shape index (κ2) is 5.60. The molecule has 2 saturated heterocycles. The molecular formula is C15H18F2N2O2. The molecule has 1 aromatic carbocycles. The van der Waals surface area contributed by atoms with E-state index in [2.05, 4.69) is 4.90 Å². The Bertz CT molecular complexity index is 565. The fraction of sp³-hybridized carbons (Fsp3) is 0.533. The first-order valence-corrected chi connectivity index (χ1v) is 7.17. The lowest BCUT2D eigenvalue weighted by Gasteiger charge is -2.37. The van der Waals surface area contributed by atoms with Gasteiger partial charge in [0, 0.05) is 25.7 Å². The summed E-state index contributed by atoms with van der Waals surface area (Å²) in [6.07, 6.45) is 2.18. The quantitative estimate of drug-likeness (QED) is 0.835. The molecule has 4 nitrogen and oxygen atoms in total. The first-order chi connectivity index (χ1) is 10.1. The van der Waals surface area contributed by atoms with Crippen molar-refractivity contribution in [1.82, 2.24) is 9.80 Å². The smallest absolute Gasteiger partial charge is 0.260 e. The van der Waals surface area contributed by atoms with E-state index in [1.54, 1.807) is 4.90 Å². The van der Waals surface area contributed by atoms with Crippen molar-refractivity contribution < 1.29 is 18.3 Å². The van der Waals surface area contributed by atoms with Crippen molar-refractivity contribution in [3.8, 4) is 5.75 Å². The van der Waals surface area contributed by atoms with E-state index in [0.717, 1.165) is 32.0 Å². The number of methoxy groups -OCH3 is 1. The molecule has 0 radical (unpaired) electrons. The molecule has 1 aromatic rings. The van der Waals surface area contributed by atoms with E-state index in [-0.39, 0.29) is 11.3 Å². The number of fused-ring (bicyclic) bond motifs is 1. The fourth-order valence-corrected chi connectivity index (χ4v) is 3.24. The Kier molecular flexibility index (Phi) is 3.80. The first kappa shape index (κ1) is 14.3. The van der Waals surface area contributed by atoms with E-state index in [0.29, 0.717) is 19.1 Å². The maximum atomic E-state index is 14.0. The molecule has 0 N–H and O–H groups in total. The van der Waals surface area contributed by atoms with Crippen LogP contribution < -0.4 is 4.74 Å². The number of amides is 1. The molecule has 6 heteroatoms. The van der Waals surface area contributed by atoms with Crippen molar-refractivity contribution in [3.05, 3.63) is 29.3 Å². The number of carbonyl (C=O) groups is 1. The second-order valence-corrected chi connectivity index (χ2v) is 5.52. The average Bonchev–Trinajstić information content (AvgIpc) is 2.96. The van der Waals surface area contributed by atoms with Crippen LogP contribution in [0.3, 0.4) is 0 Å². The van der Waals surface area contributed by atoms with E-state index in [4.69, 9.17) is 4.74 Å². The van der Waals surface area contributed by atoms with Crippen molar-refractivity contribution in [2.75, 3.05) is 33.3 Å². The minimum atomic E-state index is -1.13. The zero-order valence-electron chi connectivity index (χ0n) is 11.9. The number of hydrogen-bond acceptors (Lipinski definition) is 3. The van der Waals surface area contributed by atoms with Gasteiger partial charge in [0.25, 0.3) is 5.91 Å². The molecule has 21 heavy (non-hydrogen) atoms. The van der Waals surface area contributed by atoms with Crippen molar-refractivity contribution in [2.45, 2.75) is 18.9 Å². The minimum absolute atomic E-state index is 0.0766. The van der Waals surface area contributed by atoms with Crippen LogP contribution in [0.2, 0.25) is 0 Å². The summed E-state index contributed by atoms with van der Waals surface area (Å²) < 4.78 is 32.5. The molecule has 0 bridgehead atoms. The zero-order chi connectivity index (χ0) is 15.0. The summed E-state index contributed by atoms with van der Waals surface area (Å²) >= 11 is 0.